The van der Waals surface area contributed by atoms with E-state index in [-0.39, 0.29) is 0 Å². The Morgan fingerprint density at radius 1 is 1.09 bits per heavy atom. The summed E-state index contributed by atoms with van der Waals surface area (Å²) in [6.07, 6.45) is 15.5. The molecular formula is C18H25N5. The molecule has 122 valence electrons. The summed E-state index contributed by atoms with van der Waals surface area (Å²) < 4.78 is 2.18. The van der Waals surface area contributed by atoms with Crippen LogP contribution in [0.5, 0.6) is 0 Å². The van der Waals surface area contributed by atoms with Crippen LogP contribution in [0.1, 0.15) is 50.1 Å². The normalized spacial score (nSPS) is 22.6. The molecule has 5 heteroatoms. The van der Waals surface area contributed by atoms with Gasteiger partial charge in [0.15, 0.2) is 0 Å². The van der Waals surface area contributed by atoms with Gasteiger partial charge >= 0.3 is 0 Å². The van der Waals surface area contributed by atoms with Crippen LogP contribution in [0.25, 0.3) is 0 Å². The SMILES string of the molecule is c1cn(C[C@H]2CCCN(c3nccc(C4CCCC4)n3)C2)cn1. The summed E-state index contributed by atoms with van der Waals surface area (Å²) in [6, 6.07) is 2.12. The van der Waals surface area contributed by atoms with Crippen molar-refractivity contribution in [2.24, 2.45) is 5.92 Å². The summed E-state index contributed by atoms with van der Waals surface area (Å²) in [5.41, 5.74) is 1.25. The number of rotatable bonds is 4. The number of anilines is 1. The zero-order chi connectivity index (χ0) is 15.5. The Balaban J connectivity index is 1.45. The molecule has 4 rings (SSSR count). The zero-order valence-corrected chi connectivity index (χ0v) is 13.6. The van der Waals surface area contributed by atoms with Crippen molar-refractivity contribution < 1.29 is 0 Å². The monoisotopic (exact) mass is 311 g/mol. The minimum Gasteiger partial charge on any atom is -0.340 e. The van der Waals surface area contributed by atoms with Gasteiger partial charge in [-0.1, -0.05) is 12.8 Å². The van der Waals surface area contributed by atoms with Gasteiger partial charge < -0.3 is 9.47 Å². The van der Waals surface area contributed by atoms with E-state index in [2.05, 4.69) is 31.7 Å². The van der Waals surface area contributed by atoms with Crippen LogP contribution in [0.3, 0.4) is 0 Å². The van der Waals surface area contributed by atoms with Crippen LogP contribution < -0.4 is 4.90 Å². The highest BCUT2D eigenvalue weighted by Gasteiger charge is 2.24. The van der Waals surface area contributed by atoms with E-state index in [0.717, 1.165) is 25.6 Å². The Morgan fingerprint density at radius 2 is 2.00 bits per heavy atom. The predicted molar refractivity (Wildman–Crippen MR) is 90.4 cm³/mol. The summed E-state index contributed by atoms with van der Waals surface area (Å²) in [4.78, 5) is 16.0. The molecule has 0 amide bonds. The molecule has 2 aliphatic rings. The third-order valence-electron chi connectivity index (χ3n) is 5.27. The maximum Gasteiger partial charge on any atom is 0.225 e. The summed E-state index contributed by atoms with van der Waals surface area (Å²) in [7, 11) is 0. The van der Waals surface area contributed by atoms with Crippen molar-refractivity contribution >= 4 is 5.95 Å². The topological polar surface area (TPSA) is 46.8 Å². The van der Waals surface area contributed by atoms with Crippen LogP contribution >= 0.6 is 0 Å². The summed E-state index contributed by atoms with van der Waals surface area (Å²) in [6.45, 7) is 3.17. The molecule has 1 atom stereocenters. The van der Waals surface area contributed by atoms with Gasteiger partial charge in [-0.05, 0) is 37.7 Å². The van der Waals surface area contributed by atoms with Crippen LogP contribution in [-0.2, 0) is 6.54 Å². The fraction of sp³-hybridized carbons (Fsp3) is 0.611. The maximum absolute atomic E-state index is 4.91. The number of imidazole rings is 1. The first-order valence-corrected chi connectivity index (χ1v) is 8.92. The highest BCUT2D eigenvalue weighted by Crippen LogP contribution is 2.33. The van der Waals surface area contributed by atoms with Gasteiger partial charge in [-0.15, -0.1) is 0 Å². The Labute approximate surface area is 137 Å². The molecule has 0 spiro atoms. The van der Waals surface area contributed by atoms with Gasteiger partial charge in [0.05, 0.1) is 6.33 Å². The van der Waals surface area contributed by atoms with E-state index in [9.17, 15) is 0 Å². The minimum absolute atomic E-state index is 0.650. The highest BCUT2D eigenvalue weighted by molar-refractivity contribution is 5.32. The van der Waals surface area contributed by atoms with Gasteiger partial charge in [0.2, 0.25) is 5.95 Å². The quantitative estimate of drug-likeness (QED) is 0.869. The number of aromatic nitrogens is 4. The molecule has 2 fully saturated rings. The molecule has 1 aliphatic heterocycles. The van der Waals surface area contributed by atoms with Crippen molar-refractivity contribution in [2.75, 3.05) is 18.0 Å². The molecular weight excluding hydrogens is 286 g/mol. The van der Waals surface area contributed by atoms with Crippen LogP contribution in [0, 0.1) is 5.92 Å². The van der Waals surface area contributed by atoms with Crippen molar-refractivity contribution in [3.8, 4) is 0 Å². The Kier molecular flexibility index (Phi) is 4.26. The average molecular weight is 311 g/mol. The predicted octanol–water partition coefficient (Wildman–Crippen LogP) is 3.25. The maximum atomic E-state index is 4.91. The van der Waals surface area contributed by atoms with E-state index in [1.807, 2.05) is 18.7 Å². The molecule has 0 unspecified atom stereocenters. The number of hydrogen-bond acceptors (Lipinski definition) is 4. The summed E-state index contributed by atoms with van der Waals surface area (Å²) >= 11 is 0. The van der Waals surface area contributed by atoms with Crippen molar-refractivity contribution in [3.05, 3.63) is 36.7 Å². The van der Waals surface area contributed by atoms with Crippen molar-refractivity contribution in [1.29, 1.82) is 0 Å². The number of piperidine rings is 1. The number of hydrogen-bond donors (Lipinski definition) is 0. The van der Waals surface area contributed by atoms with E-state index in [1.165, 1.54) is 44.2 Å². The lowest BCUT2D eigenvalue weighted by molar-refractivity contribution is 0.363. The second-order valence-corrected chi connectivity index (χ2v) is 6.98. The van der Waals surface area contributed by atoms with E-state index in [0.29, 0.717) is 11.8 Å². The fourth-order valence-corrected chi connectivity index (χ4v) is 4.05. The number of nitrogens with zero attached hydrogens (tertiary/aromatic N) is 5. The molecule has 2 aromatic heterocycles. The van der Waals surface area contributed by atoms with Crippen molar-refractivity contribution in [2.45, 2.75) is 51.0 Å². The van der Waals surface area contributed by atoms with Crippen LogP contribution in [0.15, 0.2) is 31.0 Å². The van der Waals surface area contributed by atoms with E-state index in [4.69, 9.17) is 4.98 Å². The standard InChI is InChI=1S/C18H25N5/c1-2-6-16(5-1)17-7-8-20-18(21-17)23-10-3-4-15(13-23)12-22-11-9-19-14-22/h7-9,11,14-16H,1-6,10,12-13H2/t15-/m1/s1. The molecule has 1 saturated heterocycles. The first-order chi connectivity index (χ1) is 11.4. The average Bonchev–Trinajstić information content (AvgIpc) is 3.29. The lowest BCUT2D eigenvalue weighted by atomic mass is 9.98. The minimum atomic E-state index is 0.650. The Hall–Kier alpha value is -1.91. The second-order valence-electron chi connectivity index (χ2n) is 6.98. The largest absolute Gasteiger partial charge is 0.340 e. The first-order valence-electron chi connectivity index (χ1n) is 8.92. The van der Waals surface area contributed by atoms with E-state index >= 15 is 0 Å². The molecule has 2 aromatic rings. The molecule has 0 bridgehead atoms. The summed E-state index contributed by atoms with van der Waals surface area (Å²) in [5.74, 6) is 2.24. The van der Waals surface area contributed by atoms with Crippen molar-refractivity contribution in [3.63, 3.8) is 0 Å². The summed E-state index contributed by atoms with van der Waals surface area (Å²) in [5, 5.41) is 0. The van der Waals surface area contributed by atoms with Gasteiger partial charge in [-0.2, -0.15) is 0 Å². The zero-order valence-electron chi connectivity index (χ0n) is 13.6. The van der Waals surface area contributed by atoms with E-state index in [1.54, 1.807) is 0 Å². The molecule has 0 N–H and O–H groups in total. The lowest BCUT2D eigenvalue weighted by Gasteiger charge is -2.33. The molecule has 0 radical (unpaired) electrons. The fourth-order valence-electron chi connectivity index (χ4n) is 4.05. The van der Waals surface area contributed by atoms with Gasteiger partial charge in [0, 0.05) is 49.8 Å². The highest BCUT2D eigenvalue weighted by atomic mass is 15.3. The third-order valence-corrected chi connectivity index (χ3v) is 5.27. The van der Waals surface area contributed by atoms with Gasteiger partial charge in [0.25, 0.3) is 0 Å². The third kappa shape index (κ3) is 3.38. The Morgan fingerprint density at radius 3 is 2.83 bits per heavy atom. The first kappa shape index (κ1) is 14.7. The van der Waals surface area contributed by atoms with Gasteiger partial charge in [-0.3, -0.25) is 0 Å². The van der Waals surface area contributed by atoms with Crippen LogP contribution in [-0.4, -0.2) is 32.6 Å². The molecule has 5 nitrogen and oxygen atoms in total. The van der Waals surface area contributed by atoms with Crippen LogP contribution in [0.4, 0.5) is 5.95 Å². The Bertz CT molecular complexity index is 618. The molecule has 1 saturated carbocycles. The molecule has 1 aliphatic carbocycles. The van der Waals surface area contributed by atoms with Crippen molar-refractivity contribution in [1.82, 2.24) is 19.5 Å². The smallest absolute Gasteiger partial charge is 0.225 e. The van der Waals surface area contributed by atoms with Gasteiger partial charge in [-0.25, -0.2) is 15.0 Å². The molecule has 23 heavy (non-hydrogen) atoms. The van der Waals surface area contributed by atoms with Crippen LogP contribution in [0.2, 0.25) is 0 Å². The van der Waals surface area contributed by atoms with Gasteiger partial charge in [0.1, 0.15) is 0 Å². The molecule has 0 aromatic carbocycles. The van der Waals surface area contributed by atoms with E-state index < -0.39 is 0 Å². The second kappa shape index (κ2) is 6.69. The molecule has 3 heterocycles. The lowest BCUT2D eigenvalue weighted by Crippen LogP contribution is -2.38.